The van der Waals surface area contributed by atoms with Crippen molar-refractivity contribution < 1.29 is 8.87 Å². The zero-order chi connectivity index (χ0) is 17.2. The van der Waals surface area contributed by atoms with Crippen molar-refractivity contribution in [3.05, 3.63) is 65.1 Å². The summed E-state index contributed by atoms with van der Waals surface area (Å²) in [5.74, 6) is -0.142. The number of quaternary nitrogens is 1. The molecule has 1 aromatic rings. The van der Waals surface area contributed by atoms with Gasteiger partial charge in [0.05, 0.1) is 20.1 Å². The van der Waals surface area contributed by atoms with Crippen LogP contribution in [-0.4, -0.2) is 49.7 Å². The summed E-state index contributed by atoms with van der Waals surface area (Å²) in [6, 6.07) is 7.06. The van der Waals surface area contributed by atoms with Crippen LogP contribution in [0.2, 0.25) is 0 Å². The fraction of sp³-hybridized carbons (Fsp3) is 0.429. The Bertz CT molecular complexity index is 692. The van der Waals surface area contributed by atoms with Crippen LogP contribution in [0, 0.1) is 5.82 Å². The zero-order valence-electron chi connectivity index (χ0n) is 15.1. The molecule has 0 amide bonds. The van der Waals surface area contributed by atoms with Crippen molar-refractivity contribution >= 4 is 5.57 Å². The Hall–Kier alpha value is -1.71. The summed E-state index contributed by atoms with van der Waals surface area (Å²) in [5.41, 5.74) is 4.57. The van der Waals surface area contributed by atoms with Gasteiger partial charge < -0.3 is 0 Å². The van der Waals surface area contributed by atoms with E-state index in [2.05, 4.69) is 44.1 Å². The number of allylic oxidation sites excluding steroid dienone is 5. The molecule has 128 valence electrons. The molecule has 0 bridgehead atoms. The van der Waals surface area contributed by atoms with Crippen LogP contribution in [-0.2, 0) is 0 Å². The lowest BCUT2D eigenvalue weighted by Crippen LogP contribution is -2.55. The maximum atomic E-state index is 14.2. The van der Waals surface area contributed by atoms with Crippen molar-refractivity contribution in [1.82, 2.24) is 4.90 Å². The lowest BCUT2D eigenvalue weighted by Gasteiger charge is -2.42. The second-order valence-corrected chi connectivity index (χ2v) is 7.32. The van der Waals surface area contributed by atoms with E-state index in [-0.39, 0.29) is 5.82 Å². The number of benzene rings is 1. The highest BCUT2D eigenvalue weighted by atomic mass is 19.1. The van der Waals surface area contributed by atoms with Crippen LogP contribution >= 0.6 is 0 Å². The highest BCUT2D eigenvalue weighted by Gasteiger charge is 2.32. The van der Waals surface area contributed by atoms with Gasteiger partial charge in [0.25, 0.3) is 0 Å². The molecule has 1 fully saturated rings. The van der Waals surface area contributed by atoms with Crippen LogP contribution in [0.3, 0.4) is 0 Å². The van der Waals surface area contributed by atoms with Crippen LogP contribution < -0.4 is 0 Å². The molecular weight excluding hydrogens is 299 g/mol. The van der Waals surface area contributed by atoms with Gasteiger partial charge in [-0.05, 0) is 56.2 Å². The first kappa shape index (κ1) is 17.1. The molecule has 0 atom stereocenters. The summed E-state index contributed by atoms with van der Waals surface area (Å²) in [6.45, 7) is 6.76. The SMILES string of the molecule is CC1=C([N+]2(C)CCN(C)CC2)C=CC(c2ccccc2F)=CCC1. The topological polar surface area (TPSA) is 3.24 Å². The molecule has 3 rings (SSSR count). The Morgan fingerprint density at radius 3 is 2.50 bits per heavy atom. The normalized spacial score (nSPS) is 22.1. The summed E-state index contributed by atoms with van der Waals surface area (Å²) in [6.07, 6.45) is 8.51. The summed E-state index contributed by atoms with van der Waals surface area (Å²) < 4.78 is 15.1. The first-order valence-corrected chi connectivity index (χ1v) is 8.86. The number of hydrogen-bond donors (Lipinski definition) is 0. The predicted octanol–water partition coefficient (Wildman–Crippen LogP) is 4.23. The van der Waals surface area contributed by atoms with Crippen molar-refractivity contribution in [2.24, 2.45) is 0 Å². The first-order chi connectivity index (χ1) is 11.5. The third-order valence-electron chi connectivity index (χ3n) is 5.46. The largest absolute Gasteiger partial charge is 0.295 e. The van der Waals surface area contributed by atoms with Gasteiger partial charge in [0.2, 0.25) is 0 Å². The lowest BCUT2D eigenvalue weighted by atomic mass is 9.97. The highest BCUT2D eigenvalue weighted by molar-refractivity contribution is 5.75. The Morgan fingerprint density at radius 2 is 1.79 bits per heavy atom. The van der Waals surface area contributed by atoms with Crippen LogP contribution in [0.4, 0.5) is 4.39 Å². The standard InChI is InChI=1S/C21H28FN2/c1-17-7-6-8-18(19-9-4-5-10-20(19)22)11-12-21(17)24(3)15-13-23(2)14-16-24/h4-5,8-12H,6-7,13-16H2,1-3H3/q+1. The maximum absolute atomic E-state index is 14.2. The fourth-order valence-corrected chi connectivity index (χ4v) is 3.73. The van der Waals surface area contributed by atoms with E-state index in [1.54, 1.807) is 12.1 Å². The minimum atomic E-state index is -0.142. The minimum absolute atomic E-state index is 0.142. The molecule has 1 aromatic carbocycles. The van der Waals surface area contributed by atoms with E-state index < -0.39 is 0 Å². The Balaban J connectivity index is 1.92. The van der Waals surface area contributed by atoms with Gasteiger partial charge in [-0.2, -0.15) is 0 Å². The van der Waals surface area contributed by atoms with E-state index in [1.807, 2.05) is 12.1 Å². The van der Waals surface area contributed by atoms with E-state index in [9.17, 15) is 4.39 Å². The van der Waals surface area contributed by atoms with E-state index in [0.717, 1.165) is 49.1 Å². The minimum Gasteiger partial charge on any atom is -0.295 e. The second kappa shape index (κ2) is 7.04. The molecule has 0 radical (unpaired) electrons. The van der Waals surface area contributed by atoms with Crippen LogP contribution in [0.25, 0.3) is 5.57 Å². The van der Waals surface area contributed by atoms with E-state index in [0.29, 0.717) is 5.56 Å². The molecule has 0 saturated carbocycles. The van der Waals surface area contributed by atoms with Crippen molar-refractivity contribution in [2.45, 2.75) is 19.8 Å². The van der Waals surface area contributed by atoms with Gasteiger partial charge in [0.1, 0.15) is 11.5 Å². The molecule has 3 heteroatoms. The zero-order valence-corrected chi connectivity index (χ0v) is 15.1. The lowest BCUT2D eigenvalue weighted by molar-refractivity contribution is -0.874. The van der Waals surface area contributed by atoms with Crippen molar-refractivity contribution in [1.29, 1.82) is 0 Å². The molecule has 2 aliphatic rings. The van der Waals surface area contributed by atoms with E-state index >= 15 is 0 Å². The van der Waals surface area contributed by atoms with Crippen LogP contribution in [0.1, 0.15) is 25.3 Å². The number of halogens is 1. The van der Waals surface area contributed by atoms with Gasteiger partial charge in [-0.1, -0.05) is 24.3 Å². The van der Waals surface area contributed by atoms with Gasteiger partial charge in [-0.15, -0.1) is 0 Å². The number of piperazine rings is 1. The summed E-state index contributed by atoms with van der Waals surface area (Å²) in [4.78, 5) is 2.40. The molecule has 0 unspecified atom stereocenters. The van der Waals surface area contributed by atoms with Gasteiger partial charge in [-0.3, -0.25) is 9.38 Å². The Morgan fingerprint density at radius 1 is 1.08 bits per heavy atom. The molecule has 1 heterocycles. The van der Waals surface area contributed by atoms with E-state index in [1.165, 1.54) is 11.3 Å². The molecular formula is C21H28FN2+. The fourth-order valence-electron chi connectivity index (χ4n) is 3.73. The van der Waals surface area contributed by atoms with Crippen LogP contribution in [0.15, 0.2) is 53.8 Å². The van der Waals surface area contributed by atoms with Gasteiger partial charge in [0, 0.05) is 18.7 Å². The summed E-state index contributed by atoms with van der Waals surface area (Å²) in [7, 11) is 4.53. The molecule has 1 aliphatic carbocycles. The maximum Gasteiger partial charge on any atom is 0.131 e. The molecule has 0 N–H and O–H groups in total. The second-order valence-electron chi connectivity index (χ2n) is 7.32. The average Bonchev–Trinajstić information content (AvgIpc) is 2.55. The molecule has 2 nitrogen and oxygen atoms in total. The van der Waals surface area contributed by atoms with Crippen molar-refractivity contribution in [2.75, 3.05) is 40.3 Å². The Kier molecular flexibility index (Phi) is 5.02. The highest BCUT2D eigenvalue weighted by Crippen LogP contribution is 2.30. The number of hydrogen-bond acceptors (Lipinski definition) is 1. The smallest absolute Gasteiger partial charge is 0.131 e. The molecule has 1 aliphatic heterocycles. The number of rotatable bonds is 2. The van der Waals surface area contributed by atoms with Gasteiger partial charge >= 0.3 is 0 Å². The van der Waals surface area contributed by atoms with Gasteiger partial charge in [0.15, 0.2) is 0 Å². The Labute approximate surface area is 145 Å². The first-order valence-electron chi connectivity index (χ1n) is 8.86. The number of likely N-dealkylation sites (N-methyl/N-ethyl adjacent to an activating group) is 2. The quantitative estimate of drug-likeness (QED) is 0.735. The summed E-state index contributed by atoms with van der Waals surface area (Å²) in [5, 5.41) is 0. The molecule has 1 saturated heterocycles. The van der Waals surface area contributed by atoms with E-state index in [4.69, 9.17) is 0 Å². The number of nitrogens with zero attached hydrogens (tertiary/aromatic N) is 2. The monoisotopic (exact) mass is 327 g/mol. The molecule has 0 spiro atoms. The molecule has 24 heavy (non-hydrogen) atoms. The third kappa shape index (κ3) is 3.52. The third-order valence-corrected chi connectivity index (χ3v) is 5.46. The summed E-state index contributed by atoms with van der Waals surface area (Å²) >= 11 is 0. The molecule has 0 aromatic heterocycles. The van der Waals surface area contributed by atoms with Gasteiger partial charge in [-0.25, -0.2) is 4.39 Å². The van der Waals surface area contributed by atoms with Crippen molar-refractivity contribution in [3.8, 4) is 0 Å². The van der Waals surface area contributed by atoms with Crippen molar-refractivity contribution in [3.63, 3.8) is 0 Å². The average molecular weight is 327 g/mol. The predicted molar refractivity (Wildman–Crippen MR) is 98.9 cm³/mol. The van der Waals surface area contributed by atoms with Crippen LogP contribution in [0.5, 0.6) is 0 Å².